The molecular weight excluding hydrogens is 356 g/mol. The molecule has 4 nitrogen and oxygen atoms in total. The molecule has 1 aromatic heterocycles. The summed E-state index contributed by atoms with van der Waals surface area (Å²) in [6.45, 7) is 3.06. The number of aryl methyl sites for hydroxylation is 1. The summed E-state index contributed by atoms with van der Waals surface area (Å²) in [7, 11) is 4.13. The maximum absolute atomic E-state index is 6.17. The van der Waals surface area contributed by atoms with Gasteiger partial charge in [0.1, 0.15) is 5.82 Å². The Kier molecular flexibility index (Phi) is 4.83. The second-order valence-electron chi connectivity index (χ2n) is 7.35. The highest BCUT2D eigenvalue weighted by molar-refractivity contribution is 6.30. The largest absolute Gasteiger partial charge is 0.378 e. The van der Waals surface area contributed by atoms with Gasteiger partial charge in [0, 0.05) is 42.5 Å². The van der Waals surface area contributed by atoms with Crippen molar-refractivity contribution < 1.29 is 0 Å². The monoisotopic (exact) mass is 380 g/mol. The van der Waals surface area contributed by atoms with Crippen LogP contribution in [0.2, 0.25) is 5.02 Å². The van der Waals surface area contributed by atoms with E-state index in [0.717, 1.165) is 46.3 Å². The van der Waals surface area contributed by atoms with Crippen molar-refractivity contribution >= 4 is 23.1 Å². The highest BCUT2D eigenvalue weighted by Crippen LogP contribution is 2.35. The van der Waals surface area contributed by atoms with Crippen LogP contribution in [0, 0.1) is 6.92 Å². The van der Waals surface area contributed by atoms with Crippen LogP contribution in [0.4, 0.5) is 11.5 Å². The van der Waals surface area contributed by atoms with Crippen molar-refractivity contribution in [2.75, 3.05) is 30.9 Å². The third-order valence-corrected chi connectivity index (χ3v) is 5.39. The lowest BCUT2D eigenvalue weighted by atomic mass is 10.0. The average Bonchev–Trinajstić information content (AvgIpc) is 2.83. The van der Waals surface area contributed by atoms with Crippen LogP contribution in [0.5, 0.6) is 0 Å². The van der Waals surface area contributed by atoms with Crippen molar-refractivity contribution in [1.29, 1.82) is 0 Å². The SMILES string of the molecule is Cc1cc(Cl)ccc1-n1nc(-c2cccc(N(C)C)c2)c2c1NCCCC2. The zero-order valence-corrected chi connectivity index (χ0v) is 16.8. The number of nitrogens with zero attached hydrogens (tertiary/aromatic N) is 3. The maximum Gasteiger partial charge on any atom is 0.133 e. The Labute approximate surface area is 165 Å². The van der Waals surface area contributed by atoms with Crippen LogP contribution in [0.25, 0.3) is 16.9 Å². The summed E-state index contributed by atoms with van der Waals surface area (Å²) in [5.41, 5.74) is 6.90. The first-order valence-electron chi connectivity index (χ1n) is 9.44. The number of aromatic nitrogens is 2. The van der Waals surface area contributed by atoms with Gasteiger partial charge < -0.3 is 10.2 Å². The number of nitrogens with one attached hydrogen (secondary N) is 1. The molecule has 0 fully saturated rings. The molecule has 0 bridgehead atoms. The van der Waals surface area contributed by atoms with Crippen molar-refractivity contribution in [3.05, 3.63) is 58.6 Å². The van der Waals surface area contributed by atoms with Crippen LogP contribution in [-0.2, 0) is 6.42 Å². The quantitative estimate of drug-likeness (QED) is 0.667. The second kappa shape index (κ2) is 7.28. The van der Waals surface area contributed by atoms with Gasteiger partial charge in [-0.1, -0.05) is 23.7 Å². The standard InChI is InChI=1S/C22H25ClN4/c1-15-13-17(23)10-11-20(15)27-22-19(9-4-5-12-24-22)21(25-27)16-7-6-8-18(14-16)26(2)3/h6-8,10-11,13-14,24H,4-5,9,12H2,1-3H3. The Morgan fingerprint density at radius 1 is 1.11 bits per heavy atom. The number of halogens is 1. The van der Waals surface area contributed by atoms with E-state index in [1.807, 2.05) is 12.1 Å². The normalized spacial score (nSPS) is 13.6. The highest BCUT2D eigenvalue weighted by atomic mass is 35.5. The van der Waals surface area contributed by atoms with E-state index in [2.05, 4.69) is 66.2 Å². The topological polar surface area (TPSA) is 33.1 Å². The van der Waals surface area contributed by atoms with Crippen LogP contribution in [0.1, 0.15) is 24.0 Å². The Morgan fingerprint density at radius 2 is 1.96 bits per heavy atom. The van der Waals surface area contributed by atoms with Crippen LogP contribution >= 0.6 is 11.6 Å². The van der Waals surface area contributed by atoms with Gasteiger partial charge in [0.15, 0.2) is 0 Å². The van der Waals surface area contributed by atoms with Crippen molar-refractivity contribution in [2.45, 2.75) is 26.2 Å². The van der Waals surface area contributed by atoms with Gasteiger partial charge in [0.05, 0.1) is 11.4 Å². The van der Waals surface area contributed by atoms with E-state index in [0.29, 0.717) is 0 Å². The molecular formula is C22H25ClN4. The summed E-state index contributed by atoms with van der Waals surface area (Å²) < 4.78 is 2.06. The van der Waals surface area contributed by atoms with Gasteiger partial charge in [-0.25, -0.2) is 4.68 Å². The predicted octanol–water partition coefficient (Wildman–Crippen LogP) is 5.32. The molecule has 27 heavy (non-hydrogen) atoms. The van der Waals surface area contributed by atoms with Gasteiger partial charge in [-0.05, 0) is 62.1 Å². The summed E-state index contributed by atoms with van der Waals surface area (Å²) in [6.07, 6.45) is 3.38. The molecule has 1 aliphatic rings. The molecule has 5 heteroatoms. The smallest absolute Gasteiger partial charge is 0.133 e. The molecule has 4 rings (SSSR count). The number of hydrogen-bond acceptors (Lipinski definition) is 3. The molecule has 2 aromatic carbocycles. The second-order valence-corrected chi connectivity index (χ2v) is 7.78. The van der Waals surface area contributed by atoms with Crippen LogP contribution in [0.15, 0.2) is 42.5 Å². The molecule has 1 N–H and O–H groups in total. The third-order valence-electron chi connectivity index (χ3n) is 5.15. The fourth-order valence-corrected chi connectivity index (χ4v) is 3.92. The maximum atomic E-state index is 6.17. The average molecular weight is 381 g/mol. The zero-order valence-electron chi connectivity index (χ0n) is 16.1. The lowest BCUT2D eigenvalue weighted by molar-refractivity contribution is 0.779. The molecule has 0 unspecified atom stereocenters. The molecule has 0 saturated heterocycles. The minimum absolute atomic E-state index is 0.751. The van der Waals surface area contributed by atoms with E-state index in [1.54, 1.807) is 0 Å². The number of fused-ring (bicyclic) bond motifs is 1. The van der Waals surface area contributed by atoms with Gasteiger partial charge in [-0.2, -0.15) is 5.10 Å². The summed E-state index contributed by atoms with van der Waals surface area (Å²) in [4.78, 5) is 2.13. The molecule has 1 aliphatic heterocycles. The first kappa shape index (κ1) is 17.9. The Bertz CT molecular complexity index is 974. The van der Waals surface area contributed by atoms with Gasteiger partial charge >= 0.3 is 0 Å². The summed E-state index contributed by atoms with van der Waals surface area (Å²) in [5.74, 6) is 1.11. The number of rotatable bonds is 3. The van der Waals surface area contributed by atoms with Crippen LogP contribution < -0.4 is 10.2 Å². The van der Waals surface area contributed by atoms with Crippen molar-refractivity contribution in [2.24, 2.45) is 0 Å². The molecule has 0 spiro atoms. The molecule has 3 aromatic rings. The van der Waals surface area contributed by atoms with Crippen LogP contribution in [-0.4, -0.2) is 30.4 Å². The summed E-state index contributed by atoms with van der Waals surface area (Å²) >= 11 is 6.17. The lowest BCUT2D eigenvalue weighted by Crippen LogP contribution is -2.08. The first-order valence-corrected chi connectivity index (χ1v) is 9.82. The number of anilines is 2. The number of benzene rings is 2. The Hall–Kier alpha value is -2.46. The molecule has 2 heterocycles. The fourth-order valence-electron chi connectivity index (χ4n) is 3.70. The molecule has 0 aliphatic carbocycles. The van der Waals surface area contributed by atoms with Gasteiger partial charge in [-0.15, -0.1) is 0 Å². The zero-order chi connectivity index (χ0) is 19.0. The van der Waals surface area contributed by atoms with Gasteiger partial charge in [0.2, 0.25) is 0 Å². The van der Waals surface area contributed by atoms with Crippen molar-refractivity contribution in [1.82, 2.24) is 9.78 Å². The predicted molar refractivity (Wildman–Crippen MR) is 115 cm³/mol. The molecule has 140 valence electrons. The van der Waals surface area contributed by atoms with Gasteiger partial charge in [-0.3, -0.25) is 0 Å². The third kappa shape index (κ3) is 3.42. The minimum atomic E-state index is 0.751. The molecule has 0 atom stereocenters. The highest BCUT2D eigenvalue weighted by Gasteiger charge is 2.22. The van der Waals surface area contributed by atoms with Gasteiger partial charge in [0.25, 0.3) is 0 Å². The Balaban J connectivity index is 1.91. The lowest BCUT2D eigenvalue weighted by Gasteiger charge is -2.13. The summed E-state index contributed by atoms with van der Waals surface area (Å²) in [5, 5.41) is 9.43. The van der Waals surface area contributed by atoms with E-state index in [1.165, 1.54) is 24.1 Å². The van der Waals surface area contributed by atoms with E-state index >= 15 is 0 Å². The molecule has 0 amide bonds. The summed E-state index contributed by atoms with van der Waals surface area (Å²) in [6, 6.07) is 14.6. The van der Waals surface area contributed by atoms with E-state index in [-0.39, 0.29) is 0 Å². The molecule has 0 radical (unpaired) electrons. The fraction of sp³-hybridized carbons (Fsp3) is 0.318. The van der Waals surface area contributed by atoms with E-state index in [9.17, 15) is 0 Å². The van der Waals surface area contributed by atoms with E-state index in [4.69, 9.17) is 16.7 Å². The molecule has 0 saturated carbocycles. The number of hydrogen-bond donors (Lipinski definition) is 1. The minimum Gasteiger partial charge on any atom is -0.378 e. The first-order chi connectivity index (χ1) is 13.0. The van der Waals surface area contributed by atoms with Crippen LogP contribution in [0.3, 0.4) is 0 Å². The van der Waals surface area contributed by atoms with Crippen molar-refractivity contribution in [3.63, 3.8) is 0 Å². The van der Waals surface area contributed by atoms with E-state index < -0.39 is 0 Å². The van der Waals surface area contributed by atoms with Crippen molar-refractivity contribution in [3.8, 4) is 16.9 Å². The Morgan fingerprint density at radius 3 is 2.74 bits per heavy atom.